The van der Waals surface area contributed by atoms with E-state index in [1.54, 1.807) is 4.90 Å². The van der Waals surface area contributed by atoms with Gasteiger partial charge in [-0.2, -0.15) is 13.2 Å². The van der Waals surface area contributed by atoms with Crippen molar-refractivity contribution in [3.63, 3.8) is 0 Å². The third-order valence-corrected chi connectivity index (χ3v) is 4.65. The number of hydrogen-bond donors (Lipinski definition) is 1. The summed E-state index contributed by atoms with van der Waals surface area (Å²) in [5.74, 6) is -1.57. The summed E-state index contributed by atoms with van der Waals surface area (Å²) in [6.07, 6.45) is -4.06. The van der Waals surface area contributed by atoms with Crippen LogP contribution in [-0.4, -0.2) is 18.4 Å². The molecule has 1 aliphatic rings. The quantitative estimate of drug-likeness (QED) is 0.828. The molecule has 7 heteroatoms. The second-order valence-corrected chi connectivity index (χ2v) is 6.53. The Balaban J connectivity index is 1.64. The molecule has 0 bridgehead atoms. The molecule has 2 amide bonds. The number of rotatable bonds is 4. The maximum absolute atomic E-state index is 12.8. The highest BCUT2D eigenvalue weighted by molar-refractivity contribution is 6.09. The molecule has 0 saturated carbocycles. The minimum atomic E-state index is -4.44. The molecule has 0 radical (unpaired) electrons. The van der Waals surface area contributed by atoms with Gasteiger partial charge >= 0.3 is 6.18 Å². The second kappa shape index (κ2) is 7.42. The van der Waals surface area contributed by atoms with Crippen LogP contribution in [0.3, 0.4) is 0 Å². The van der Waals surface area contributed by atoms with Crippen LogP contribution in [0, 0.1) is 12.8 Å². The van der Waals surface area contributed by atoms with E-state index in [-0.39, 0.29) is 12.5 Å². The number of nitrogens with zero attached hydrogens (tertiary/aromatic N) is 1. The fraction of sp³-hybridized carbons (Fsp3) is 0.300. The molecule has 1 aliphatic heterocycles. The molecule has 0 aromatic heterocycles. The number of aryl methyl sites for hydroxylation is 1. The van der Waals surface area contributed by atoms with Crippen LogP contribution in [0.5, 0.6) is 0 Å². The van der Waals surface area contributed by atoms with Gasteiger partial charge in [0.2, 0.25) is 11.8 Å². The van der Waals surface area contributed by atoms with Crippen LogP contribution >= 0.6 is 0 Å². The van der Waals surface area contributed by atoms with Gasteiger partial charge in [-0.25, -0.2) is 0 Å². The topological polar surface area (TPSA) is 49.4 Å². The highest BCUT2D eigenvalue weighted by Gasteiger charge is 2.38. The number of amides is 2. The van der Waals surface area contributed by atoms with Crippen LogP contribution in [0.1, 0.15) is 23.1 Å². The first-order valence-corrected chi connectivity index (χ1v) is 8.58. The summed E-state index contributed by atoms with van der Waals surface area (Å²) in [6, 6.07) is 12.2. The number of anilines is 1. The summed E-state index contributed by atoms with van der Waals surface area (Å²) in [7, 11) is 0. The zero-order chi connectivity index (χ0) is 19.6. The van der Waals surface area contributed by atoms with Crippen molar-refractivity contribution >= 4 is 17.5 Å². The van der Waals surface area contributed by atoms with Crippen LogP contribution in [0.2, 0.25) is 0 Å². The van der Waals surface area contributed by atoms with E-state index < -0.39 is 23.6 Å². The van der Waals surface area contributed by atoms with Crippen molar-refractivity contribution in [1.29, 1.82) is 0 Å². The normalized spacial score (nSPS) is 17.3. The molecular formula is C20H19F3N2O2. The van der Waals surface area contributed by atoms with Gasteiger partial charge in [0.1, 0.15) is 5.92 Å². The first-order valence-electron chi connectivity index (χ1n) is 8.58. The Morgan fingerprint density at radius 3 is 2.63 bits per heavy atom. The Bertz CT molecular complexity index is 864. The number of halogens is 3. The zero-order valence-electron chi connectivity index (χ0n) is 14.7. The van der Waals surface area contributed by atoms with Gasteiger partial charge in [0, 0.05) is 18.8 Å². The Kier molecular flexibility index (Phi) is 5.21. The molecule has 142 valence electrons. The van der Waals surface area contributed by atoms with Crippen molar-refractivity contribution in [3.8, 4) is 0 Å². The van der Waals surface area contributed by atoms with Gasteiger partial charge in [-0.3, -0.25) is 9.59 Å². The van der Waals surface area contributed by atoms with Crippen LogP contribution in [0.4, 0.5) is 18.9 Å². The van der Waals surface area contributed by atoms with Crippen LogP contribution < -0.4 is 10.2 Å². The van der Waals surface area contributed by atoms with Crippen molar-refractivity contribution in [3.05, 3.63) is 65.2 Å². The van der Waals surface area contributed by atoms with Gasteiger partial charge < -0.3 is 10.2 Å². The summed E-state index contributed by atoms with van der Waals surface area (Å²) in [4.78, 5) is 26.6. The SMILES string of the molecule is Cc1ccccc1N1CC[C@@H](C(=O)NCc2cccc(C(F)(F)F)c2)C1=O. The molecule has 0 aliphatic carbocycles. The third kappa shape index (κ3) is 4.13. The van der Waals surface area contributed by atoms with Gasteiger partial charge in [0.25, 0.3) is 0 Å². The summed E-state index contributed by atoms with van der Waals surface area (Å²) in [5, 5.41) is 2.58. The summed E-state index contributed by atoms with van der Waals surface area (Å²) >= 11 is 0. The van der Waals surface area contributed by atoms with E-state index in [1.807, 2.05) is 31.2 Å². The van der Waals surface area contributed by atoms with Crippen molar-refractivity contribution < 1.29 is 22.8 Å². The van der Waals surface area contributed by atoms with Crippen molar-refractivity contribution in [2.75, 3.05) is 11.4 Å². The lowest BCUT2D eigenvalue weighted by Gasteiger charge is -2.19. The van der Waals surface area contributed by atoms with E-state index >= 15 is 0 Å². The molecule has 1 fully saturated rings. The fourth-order valence-corrected chi connectivity index (χ4v) is 3.20. The lowest BCUT2D eigenvalue weighted by Crippen LogP contribution is -2.36. The molecule has 1 atom stereocenters. The van der Waals surface area contributed by atoms with Gasteiger partial charge in [0.05, 0.1) is 5.56 Å². The number of hydrogen-bond acceptors (Lipinski definition) is 2. The Hall–Kier alpha value is -2.83. The summed E-state index contributed by atoms with van der Waals surface area (Å²) < 4.78 is 38.3. The monoisotopic (exact) mass is 376 g/mol. The molecule has 4 nitrogen and oxygen atoms in total. The minimum absolute atomic E-state index is 0.0586. The summed E-state index contributed by atoms with van der Waals surface area (Å²) in [6.45, 7) is 2.27. The number of carbonyl (C=O) groups excluding carboxylic acids is 2. The highest BCUT2D eigenvalue weighted by atomic mass is 19.4. The number of benzene rings is 2. The van der Waals surface area contributed by atoms with E-state index in [0.717, 1.165) is 23.4 Å². The molecule has 0 spiro atoms. The Morgan fingerprint density at radius 2 is 1.93 bits per heavy atom. The fourth-order valence-electron chi connectivity index (χ4n) is 3.20. The van der Waals surface area contributed by atoms with E-state index in [0.29, 0.717) is 18.5 Å². The average Bonchev–Trinajstić information content (AvgIpc) is 3.01. The molecule has 1 N–H and O–H groups in total. The van der Waals surface area contributed by atoms with Crippen LogP contribution in [-0.2, 0) is 22.3 Å². The van der Waals surface area contributed by atoms with Crippen molar-refractivity contribution in [2.45, 2.75) is 26.1 Å². The Labute approximate surface area is 155 Å². The smallest absolute Gasteiger partial charge is 0.351 e. The third-order valence-electron chi connectivity index (χ3n) is 4.65. The van der Waals surface area contributed by atoms with Gasteiger partial charge in [-0.15, -0.1) is 0 Å². The number of nitrogens with one attached hydrogen (secondary N) is 1. The van der Waals surface area contributed by atoms with Gasteiger partial charge in [-0.1, -0.05) is 30.3 Å². The largest absolute Gasteiger partial charge is 0.416 e. The van der Waals surface area contributed by atoms with Gasteiger partial charge in [0.15, 0.2) is 0 Å². The first kappa shape index (κ1) is 18.9. The number of carbonyl (C=O) groups is 2. The molecule has 3 rings (SSSR count). The summed E-state index contributed by atoms with van der Waals surface area (Å²) in [5.41, 5.74) is 1.28. The maximum Gasteiger partial charge on any atom is 0.416 e. The van der Waals surface area contributed by atoms with E-state index in [2.05, 4.69) is 5.32 Å². The second-order valence-electron chi connectivity index (χ2n) is 6.53. The van der Waals surface area contributed by atoms with E-state index in [9.17, 15) is 22.8 Å². The Morgan fingerprint density at radius 1 is 1.19 bits per heavy atom. The molecule has 27 heavy (non-hydrogen) atoms. The van der Waals surface area contributed by atoms with Crippen LogP contribution in [0.15, 0.2) is 48.5 Å². The maximum atomic E-state index is 12.8. The number of para-hydroxylation sites is 1. The average molecular weight is 376 g/mol. The van der Waals surface area contributed by atoms with Gasteiger partial charge in [-0.05, 0) is 42.7 Å². The highest BCUT2D eigenvalue weighted by Crippen LogP contribution is 2.30. The molecule has 0 unspecified atom stereocenters. The lowest BCUT2D eigenvalue weighted by molar-refractivity contribution is -0.137. The predicted molar refractivity (Wildman–Crippen MR) is 94.9 cm³/mol. The molecule has 1 saturated heterocycles. The molecule has 2 aromatic carbocycles. The zero-order valence-corrected chi connectivity index (χ0v) is 14.7. The molecule has 1 heterocycles. The first-order chi connectivity index (χ1) is 12.8. The standard InChI is InChI=1S/C20H19F3N2O2/c1-13-5-2-3-8-17(13)25-10-9-16(19(25)27)18(26)24-12-14-6-4-7-15(11-14)20(21,22)23/h2-8,11,16H,9-10,12H2,1H3,(H,24,26)/t16-/m0/s1. The lowest BCUT2D eigenvalue weighted by atomic mass is 10.1. The molecule has 2 aromatic rings. The minimum Gasteiger partial charge on any atom is -0.351 e. The van der Waals surface area contributed by atoms with Crippen molar-refractivity contribution in [1.82, 2.24) is 5.32 Å². The molecular weight excluding hydrogens is 357 g/mol. The van der Waals surface area contributed by atoms with E-state index in [4.69, 9.17) is 0 Å². The van der Waals surface area contributed by atoms with E-state index in [1.165, 1.54) is 12.1 Å². The van der Waals surface area contributed by atoms with Crippen molar-refractivity contribution in [2.24, 2.45) is 5.92 Å². The number of alkyl halides is 3. The van der Waals surface area contributed by atoms with Crippen LogP contribution in [0.25, 0.3) is 0 Å². The predicted octanol–water partition coefficient (Wildman–Crippen LogP) is 3.68.